The van der Waals surface area contributed by atoms with E-state index in [9.17, 15) is 14.4 Å². The quantitative estimate of drug-likeness (QED) is 0.222. The summed E-state index contributed by atoms with van der Waals surface area (Å²) in [4.78, 5) is 45.0. The van der Waals surface area contributed by atoms with Crippen LogP contribution in [0, 0.1) is 0 Å². The molecule has 0 bridgehead atoms. The predicted octanol–water partition coefficient (Wildman–Crippen LogP) is 5.52. The van der Waals surface area contributed by atoms with Crippen molar-refractivity contribution in [3.05, 3.63) is 87.4 Å². The third-order valence-electron chi connectivity index (χ3n) is 11.3. The van der Waals surface area contributed by atoms with E-state index in [1.54, 1.807) is 24.1 Å². The van der Waals surface area contributed by atoms with Crippen molar-refractivity contribution in [1.29, 1.82) is 0 Å². The number of piperidine rings is 1. The number of esters is 1. The minimum Gasteiger partial charge on any atom is -0.493 e. The van der Waals surface area contributed by atoms with Crippen LogP contribution in [0.2, 0.25) is 10.0 Å². The van der Waals surface area contributed by atoms with Crippen LogP contribution in [0.3, 0.4) is 0 Å². The van der Waals surface area contributed by atoms with Crippen LogP contribution in [0.15, 0.2) is 60.7 Å². The lowest BCUT2D eigenvalue weighted by Gasteiger charge is -2.43. The van der Waals surface area contributed by atoms with E-state index in [1.807, 2.05) is 53.4 Å². The Balaban J connectivity index is 1.18. The molecule has 2 atom stereocenters. The summed E-state index contributed by atoms with van der Waals surface area (Å²) in [7, 11) is 4.59. The van der Waals surface area contributed by atoms with Gasteiger partial charge in [-0.2, -0.15) is 0 Å². The number of carbonyl (C=O) groups excluding carboxylic acids is 3. The molecule has 2 unspecified atom stereocenters. The SMILES string of the molecule is CCOC(=O)C1CN(NC(=O)C2(c3ccccc3)CCN(CCC3(c4ccc(Cl)c(Cl)c4)CCN(C(=O)c4cc(OC)c(OC)c(OC)c4)C3)CC2)CCO1. The van der Waals surface area contributed by atoms with Crippen molar-refractivity contribution < 1.29 is 38.1 Å². The van der Waals surface area contributed by atoms with E-state index in [4.69, 9.17) is 46.9 Å². The summed E-state index contributed by atoms with van der Waals surface area (Å²) in [6.45, 7) is 6.19. The third kappa shape index (κ3) is 8.68. The molecule has 1 N–H and O–H groups in total. The summed E-state index contributed by atoms with van der Waals surface area (Å²) in [6.07, 6.45) is 1.96. The van der Waals surface area contributed by atoms with Crippen molar-refractivity contribution in [1.82, 2.24) is 20.2 Å². The smallest absolute Gasteiger partial charge is 0.336 e. The van der Waals surface area contributed by atoms with E-state index in [2.05, 4.69) is 10.3 Å². The molecule has 3 fully saturated rings. The first-order valence-electron chi connectivity index (χ1n) is 18.7. The highest BCUT2D eigenvalue weighted by atomic mass is 35.5. The Morgan fingerprint density at radius 1 is 0.855 bits per heavy atom. The fraction of sp³-hybridized carbons (Fsp3) is 0.488. The fourth-order valence-corrected chi connectivity index (χ4v) is 8.45. The molecule has 6 rings (SSSR count). The Labute approximate surface area is 332 Å². The number of morpholine rings is 1. The maximum atomic E-state index is 14.3. The molecular formula is C41H50Cl2N4O8. The summed E-state index contributed by atoms with van der Waals surface area (Å²) in [5.74, 6) is 0.598. The highest BCUT2D eigenvalue weighted by Crippen LogP contribution is 2.43. The minimum absolute atomic E-state index is 0.0909. The van der Waals surface area contributed by atoms with E-state index in [1.165, 1.54) is 21.3 Å². The molecule has 296 valence electrons. The molecular weight excluding hydrogens is 747 g/mol. The van der Waals surface area contributed by atoms with Crippen molar-refractivity contribution in [2.45, 2.75) is 49.5 Å². The van der Waals surface area contributed by atoms with Crippen LogP contribution in [0.5, 0.6) is 17.2 Å². The van der Waals surface area contributed by atoms with Gasteiger partial charge in [-0.1, -0.05) is 59.6 Å². The number of nitrogens with zero attached hydrogens (tertiary/aromatic N) is 3. The van der Waals surface area contributed by atoms with Crippen molar-refractivity contribution in [2.75, 3.05) is 80.4 Å². The van der Waals surface area contributed by atoms with Crippen LogP contribution in [-0.4, -0.2) is 119 Å². The highest BCUT2D eigenvalue weighted by molar-refractivity contribution is 6.42. The lowest BCUT2D eigenvalue weighted by atomic mass is 9.71. The predicted molar refractivity (Wildman–Crippen MR) is 209 cm³/mol. The number of hydrazine groups is 1. The maximum absolute atomic E-state index is 14.3. The summed E-state index contributed by atoms with van der Waals surface area (Å²) >= 11 is 13.0. The topological polar surface area (TPSA) is 119 Å². The van der Waals surface area contributed by atoms with Crippen LogP contribution in [0.25, 0.3) is 0 Å². The Morgan fingerprint density at radius 3 is 2.20 bits per heavy atom. The molecule has 3 aliphatic heterocycles. The van der Waals surface area contributed by atoms with Gasteiger partial charge < -0.3 is 33.5 Å². The van der Waals surface area contributed by atoms with Crippen LogP contribution in [-0.2, 0) is 29.9 Å². The summed E-state index contributed by atoms with van der Waals surface area (Å²) in [6, 6.07) is 19.1. The number of likely N-dealkylation sites (tertiary alicyclic amines) is 2. The molecule has 55 heavy (non-hydrogen) atoms. The number of hydrogen-bond donors (Lipinski definition) is 1. The second-order valence-corrected chi connectivity index (χ2v) is 15.2. The van der Waals surface area contributed by atoms with Crippen molar-refractivity contribution in [3.63, 3.8) is 0 Å². The van der Waals surface area contributed by atoms with Crippen LogP contribution >= 0.6 is 23.2 Å². The van der Waals surface area contributed by atoms with Gasteiger partial charge in [0.05, 0.1) is 56.5 Å². The Kier molecular flexibility index (Phi) is 13.1. The molecule has 3 saturated heterocycles. The molecule has 0 aliphatic carbocycles. The normalized spacial score (nSPS) is 21.5. The molecule has 14 heteroatoms. The second kappa shape index (κ2) is 17.8. The van der Waals surface area contributed by atoms with Gasteiger partial charge >= 0.3 is 5.97 Å². The van der Waals surface area contributed by atoms with Crippen molar-refractivity contribution >= 4 is 41.0 Å². The zero-order valence-corrected chi connectivity index (χ0v) is 33.4. The van der Waals surface area contributed by atoms with E-state index in [0.29, 0.717) is 85.0 Å². The Bertz CT molecular complexity index is 1810. The first-order chi connectivity index (χ1) is 26.6. The average molecular weight is 798 g/mol. The molecule has 3 aromatic rings. The zero-order chi connectivity index (χ0) is 39.2. The van der Waals surface area contributed by atoms with Gasteiger partial charge in [0.2, 0.25) is 11.7 Å². The molecule has 0 radical (unpaired) electrons. The number of rotatable bonds is 13. The molecule has 12 nitrogen and oxygen atoms in total. The van der Waals surface area contributed by atoms with Crippen molar-refractivity contribution in [2.24, 2.45) is 0 Å². The number of methoxy groups -OCH3 is 3. The minimum atomic E-state index is -0.756. The first kappa shape index (κ1) is 40.6. The number of carbonyl (C=O) groups is 3. The second-order valence-electron chi connectivity index (χ2n) is 14.3. The van der Waals surface area contributed by atoms with Crippen LogP contribution < -0.4 is 19.6 Å². The molecule has 0 saturated carbocycles. The monoisotopic (exact) mass is 796 g/mol. The van der Waals surface area contributed by atoms with Gasteiger partial charge in [0.15, 0.2) is 17.6 Å². The number of ether oxygens (including phenoxy) is 5. The standard InChI is InChI=1S/C41H50Cl2N4O8/c1-5-54-38(49)35-26-47(21-22-55-35)44-39(50)41(29-9-7-6-8-10-29)15-18-45(19-16-41)17-13-40(30-11-12-31(42)32(43)25-30)14-20-46(27-40)37(48)28-23-33(51-2)36(53-4)34(24-28)52-3/h6-12,23-25,35H,5,13-22,26-27H2,1-4H3,(H,44,50). The van der Waals surface area contributed by atoms with Crippen molar-refractivity contribution in [3.8, 4) is 17.2 Å². The molecule has 3 aromatic carbocycles. The van der Waals surface area contributed by atoms with Gasteiger partial charge in [-0.25, -0.2) is 9.80 Å². The molecule has 3 heterocycles. The molecule has 0 aromatic heterocycles. The number of hydrogen-bond acceptors (Lipinski definition) is 10. The van der Waals surface area contributed by atoms with Gasteiger partial charge in [0.1, 0.15) is 0 Å². The van der Waals surface area contributed by atoms with E-state index in [0.717, 1.165) is 30.5 Å². The van der Waals surface area contributed by atoms with Gasteiger partial charge in [-0.3, -0.25) is 15.0 Å². The number of amides is 2. The van der Waals surface area contributed by atoms with E-state index >= 15 is 0 Å². The number of halogens is 2. The van der Waals surface area contributed by atoms with Gasteiger partial charge in [0.25, 0.3) is 5.91 Å². The lowest BCUT2D eigenvalue weighted by Crippen LogP contribution is -2.59. The third-order valence-corrected chi connectivity index (χ3v) is 12.1. The van der Waals surface area contributed by atoms with Gasteiger partial charge in [-0.05, 0) is 87.6 Å². The molecule has 2 amide bonds. The van der Waals surface area contributed by atoms with E-state index in [-0.39, 0.29) is 30.4 Å². The van der Waals surface area contributed by atoms with Crippen LogP contribution in [0.4, 0.5) is 0 Å². The Morgan fingerprint density at radius 2 is 1.56 bits per heavy atom. The van der Waals surface area contributed by atoms with Crippen LogP contribution in [0.1, 0.15) is 54.1 Å². The summed E-state index contributed by atoms with van der Waals surface area (Å²) in [5, 5.41) is 2.72. The summed E-state index contributed by atoms with van der Waals surface area (Å²) in [5.41, 5.74) is 4.43. The van der Waals surface area contributed by atoms with Gasteiger partial charge in [-0.15, -0.1) is 0 Å². The number of nitrogens with one attached hydrogen (secondary N) is 1. The summed E-state index contributed by atoms with van der Waals surface area (Å²) < 4.78 is 27.3. The average Bonchev–Trinajstić information content (AvgIpc) is 3.66. The lowest BCUT2D eigenvalue weighted by molar-refractivity contribution is -0.165. The van der Waals surface area contributed by atoms with E-state index < -0.39 is 17.5 Å². The zero-order valence-electron chi connectivity index (χ0n) is 31.9. The molecule has 0 spiro atoms. The fourth-order valence-electron chi connectivity index (χ4n) is 8.16. The maximum Gasteiger partial charge on any atom is 0.336 e. The van der Waals surface area contributed by atoms with Gasteiger partial charge in [0, 0.05) is 30.6 Å². The molecule has 3 aliphatic rings. The number of benzene rings is 3. The highest BCUT2D eigenvalue weighted by Gasteiger charge is 2.46. The Hall–Kier alpha value is -4.07. The first-order valence-corrected chi connectivity index (χ1v) is 19.5. The largest absolute Gasteiger partial charge is 0.493 e.